The van der Waals surface area contributed by atoms with Crippen LogP contribution in [0.15, 0.2) is 42.5 Å². The third-order valence-electron chi connectivity index (χ3n) is 4.35. The van der Waals surface area contributed by atoms with E-state index >= 15 is 0 Å². The molecule has 3 rings (SSSR count). The van der Waals surface area contributed by atoms with Gasteiger partial charge in [0.05, 0.1) is 13.2 Å². The Hall–Kier alpha value is -2.14. The highest BCUT2D eigenvalue weighted by Gasteiger charge is 2.14. The van der Waals surface area contributed by atoms with Gasteiger partial charge in [0, 0.05) is 24.6 Å². The van der Waals surface area contributed by atoms with Crippen molar-refractivity contribution in [3.63, 3.8) is 0 Å². The molecular weight excluding hydrogens is 324 g/mol. The molecule has 1 N–H and O–H groups in total. The van der Waals surface area contributed by atoms with Gasteiger partial charge in [0.2, 0.25) is 0 Å². The summed E-state index contributed by atoms with van der Waals surface area (Å²) in [5.74, 6) is 0.383. The molecule has 0 aliphatic carbocycles. The van der Waals surface area contributed by atoms with Gasteiger partial charge in [0.15, 0.2) is 0 Å². The van der Waals surface area contributed by atoms with Gasteiger partial charge in [0.1, 0.15) is 23.1 Å². The Bertz CT molecular complexity index is 650. The minimum atomic E-state index is -0.639. The topological polar surface area (TPSA) is 30.5 Å². The maximum atomic E-state index is 13.0. The highest BCUT2D eigenvalue weighted by molar-refractivity contribution is 5.29. The fraction of sp³-hybridized carbons (Fsp3) is 0.400. The molecule has 1 aliphatic rings. The summed E-state index contributed by atoms with van der Waals surface area (Å²) >= 11 is 0. The second-order valence-electron chi connectivity index (χ2n) is 6.25. The first-order chi connectivity index (χ1) is 12.2. The number of nitrogens with one attached hydrogen (secondary N) is 1. The molecule has 0 spiro atoms. The third kappa shape index (κ3) is 5.43. The maximum Gasteiger partial charge on any atom is 0.129 e. The zero-order chi connectivity index (χ0) is 17.5. The average molecular weight is 347 g/mol. The Morgan fingerprint density at radius 2 is 1.44 bits per heavy atom. The highest BCUT2D eigenvalue weighted by atomic mass is 19.1. The number of hydrogen-bond donors (Lipinski definition) is 1. The normalized spacial score (nSPS) is 15.1. The SMILES string of the molecule is Fc1cc(F)cc(OCCCOc2ccc(C3CCNCC3)cc2)c1. The summed E-state index contributed by atoms with van der Waals surface area (Å²) < 4.78 is 37.1. The van der Waals surface area contributed by atoms with Crippen molar-refractivity contribution >= 4 is 0 Å². The Labute approximate surface area is 147 Å². The van der Waals surface area contributed by atoms with Gasteiger partial charge in [-0.1, -0.05) is 12.1 Å². The standard InChI is InChI=1S/C20H23F2NO2/c21-17-12-18(22)14-20(13-17)25-11-1-10-24-19-4-2-15(3-5-19)16-6-8-23-9-7-16/h2-5,12-14,16,23H,1,6-11H2. The van der Waals surface area contributed by atoms with Gasteiger partial charge in [-0.3, -0.25) is 0 Å². The van der Waals surface area contributed by atoms with Gasteiger partial charge >= 0.3 is 0 Å². The summed E-state index contributed by atoms with van der Waals surface area (Å²) in [6.07, 6.45) is 2.99. The number of hydrogen-bond acceptors (Lipinski definition) is 3. The van der Waals surface area contributed by atoms with E-state index in [0.717, 1.165) is 24.9 Å². The summed E-state index contributed by atoms with van der Waals surface area (Å²) in [5, 5.41) is 3.38. The summed E-state index contributed by atoms with van der Waals surface area (Å²) in [6, 6.07) is 11.4. The lowest BCUT2D eigenvalue weighted by Crippen LogP contribution is -2.26. The predicted octanol–water partition coefficient (Wildman–Crippen LogP) is 4.28. The van der Waals surface area contributed by atoms with Crippen molar-refractivity contribution in [1.82, 2.24) is 5.32 Å². The summed E-state index contributed by atoms with van der Waals surface area (Å²) in [4.78, 5) is 0. The van der Waals surface area contributed by atoms with Crippen molar-refractivity contribution in [2.45, 2.75) is 25.2 Å². The van der Waals surface area contributed by atoms with E-state index in [1.165, 1.54) is 30.5 Å². The van der Waals surface area contributed by atoms with Crippen LogP contribution in [0.25, 0.3) is 0 Å². The van der Waals surface area contributed by atoms with Crippen molar-refractivity contribution < 1.29 is 18.3 Å². The fourth-order valence-corrected chi connectivity index (χ4v) is 3.04. The molecule has 1 saturated heterocycles. The van der Waals surface area contributed by atoms with E-state index in [4.69, 9.17) is 9.47 Å². The minimum absolute atomic E-state index is 0.198. The van der Waals surface area contributed by atoms with Gasteiger partial charge in [-0.05, 0) is 49.5 Å². The number of ether oxygens (including phenoxy) is 2. The molecule has 5 heteroatoms. The Balaban J connectivity index is 1.38. The molecule has 134 valence electrons. The molecule has 3 nitrogen and oxygen atoms in total. The summed E-state index contributed by atoms with van der Waals surface area (Å²) in [6.45, 7) is 3.00. The van der Waals surface area contributed by atoms with Crippen molar-refractivity contribution in [3.05, 3.63) is 59.7 Å². The van der Waals surface area contributed by atoms with Gasteiger partial charge in [-0.25, -0.2) is 8.78 Å². The Kier molecular flexibility index (Phi) is 6.23. The van der Waals surface area contributed by atoms with Crippen LogP contribution >= 0.6 is 0 Å². The lowest BCUT2D eigenvalue weighted by molar-refractivity contribution is 0.246. The van der Waals surface area contributed by atoms with E-state index in [9.17, 15) is 8.78 Å². The first-order valence-electron chi connectivity index (χ1n) is 8.73. The quantitative estimate of drug-likeness (QED) is 0.759. The number of benzene rings is 2. The third-order valence-corrected chi connectivity index (χ3v) is 4.35. The molecule has 0 radical (unpaired) electrons. The largest absolute Gasteiger partial charge is 0.493 e. The van der Waals surface area contributed by atoms with Crippen LogP contribution in [-0.2, 0) is 0 Å². The van der Waals surface area contributed by atoms with Gasteiger partial charge in [0.25, 0.3) is 0 Å². The molecule has 0 bridgehead atoms. The highest BCUT2D eigenvalue weighted by Crippen LogP contribution is 2.26. The van der Waals surface area contributed by atoms with Crippen molar-refractivity contribution in [2.75, 3.05) is 26.3 Å². The van der Waals surface area contributed by atoms with Crippen LogP contribution < -0.4 is 14.8 Å². The van der Waals surface area contributed by atoms with Crippen LogP contribution in [0.5, 0.6) is 11.5 Å². The van der Waals surface area contributed by atoms with Gasteiger partial charge in [-0.2, -0.15) is 0 Å². The molecule has 0 amide bonds. The van der Waals surface area contributed by atoms with E-state index in [0.29, 0.717) is 25.6 Å². The minimum Gasteiger partial charge on any atom is -0.493 e. The molecule has 2 aromatic carbocycles. The lowest BCUT2D eigenvalue weighted by atomic mass is 9.90. The van der Waals surface area contributed by atoms with Crippen LogP contribution in [0.4, 0.5) is 8.78 Å². The molecule has 0 atom stereocenters. The van der Waals surface area contributed by atoms with E-state index in [1.807, 2.05) is 12.1 Å². The fourth-order valence-electron chi connectivity index (χ4n) is 3.04. The van der Waals surface area contributed by atoms with Gasteiger partial charge < -0.3 is 14.8 Å². The van der Waals surface area contributed by atoms with E-state index in [1.54, 1.807) is 0 Å². The summed E-state index contributed by atoms with van der Waals surface area (Å²) in [5.41, 5.74) is 1.37. The number of halogens is 2. The van der Waals surface area contributed by atoms with Crippen LogP contribution in [-0.4, -0.2) is 26.3 Å². The smallest absolute Gasteiger partial charge is 0.129 e. The van der Waals surface area contributed by atoms with Crippen molar-refractivity contribution in [3.8, 4) is 11.5 Å². The summed E-state index contributed by atoms with van der Waals surface area (Å²) in [7, 11) is 0. The Morgan fingerprint density at radius 1 is 0.840 bits per heavy atom. The predicted molar refractivity (Wildman–Crippen MR) is 93.3 cm³/mol. The maximum absolute atomic E-state index is 13.0. The molecule has 25 heavy (non-hydrogen) atoms. The zero-order valence-corrected chi connectivity index (χ0v) is 14.1. The molecule has 0 aromatic heterocycles. The second-order valence-corrected chi connectivity index (χ2v) is 6.25. The molecular formula is C20H23F2NO2. The van der Waals surface area contributed by atoms with Crippen LogP contribution in [0.3, 0.4) is 0 Å². The zero-order valence-electron chi connectivity index (χ0n) is 14.1. The van der Waals surface area contributed by atoms with Crippen LogP contribution in [0.1, 0.15) is 30.7 Å². The first kappa shape index (κ1) is 17.7. The van der Waals surface area contributed by atoms with Crippen molar-refractivity contribution in [2.24, 2.45) is 0 Å². The monoisotopic (exact) mass is 347 g/mol. The molecule has 1 fully saturated rings. The van der Waals surface area contributed by atoms with Crippen LogP contribution in [0, 0.1) is 11.6 Å². The molecule has 1 heterocycles. The number of rotatable bonds is 7. The second kappa shape index (κ2) is 8.81. The van der Waals surface area contributed by atoms with E-state index in [2.05, 4.69) is 17.4 Å². The molecule has 1 aliphatic heterocycles. The first-order valence-corrected chi connectivity index (χ1v) is 8.73. The average Bonchev–Trinajstić information content (AvgIpc) is 2.62. The number of piperidine rings is 1. The molecule has 2 aromatic rings. The van der Waals surface area contributed by atoms with Crippen molar-refractivity contribution in [1.29, 1.82) is 0 Å². The molecule has 0 saturated carbocycles. The van der Waals surface area contributed by atoms with E-state index < -0.39 is 11.6 Å². The lowest BCUT2D eigenvalue weighted by Gasteiger charge is -2.23. The Morgan fingerprint density at radius 3 is 2.08 bits per heavy atom. The molecule has 0 unspecified atom stereocenters. The van der Waals surface area contributed by atoms with Gasteiger partial charge in [-0.15, -0.1) is 0 Å². The van der Waals surface area contributed by atoms with Crippen LogP contribution in [0.2, 0.25) is 0 Å². The van der Waals surface area contributed by atoms with E-state index in [-0.39, 0.29) is 5.75 Å².